The summed E-state index contributed by atoms with van der Waals surface area (Å²) in [5, 5.41) is 107. The molecule has 20 heteroatoms. The number of carbonyl (C=O) groups excluding carboxylic acids is 6. The standard InChI is InChI=1S/3C4H6O6.2Fe/c3*5-1(3(7)8)2(6)4(9)10;;/h3*1-2,5-6H,(H,7,8)(H,9,10);;/p-6. The van der Waals surface area contributed by atoms with E-state index in [0.29, 0.717) is 0 Å². The van der Waals surface area contributed by atoms with Gasteiger partial charge in [-0.1, -0.05) is 0 Å². The molecule has 0 aliphatic rings. The Morgan fingerprint density at radius 2 is 0.406 bits per heavy atom. The van der Waals surface area contributed by atoms with Gasteiger partial charge in [-0.15, -0.1) is 0 Å². The zero-order valence-electron chi connectivity index (χ0n) is 14.8. The van der Waals surface area contributed by atoms with Crippen LogP contribution in [0.4, 0.5) is 0 Å². The molecule has 0 heterocycles. The number of carboxylic acid groups (broad SMARTS) is 6. The molecule has 0 fully saturated rings. The third-order valence-electron chi connectivity index (χ3n) is 2.35. The summed E-state index contributed by atoms with van der Waals surface area (Å²) in [6.07, 6.45) is -14.6. The number of aliphatic hydroxyl groups excluding tert-OH is 6. The van der Waals surface area contributed by atoms with Crippen LogP contribution in [0.25, 0.3) is 0 Å². The summed E-state index contributed by atoms with van der Waals surface area (Å²) < 4.78 is 0. The first-order valence-electron chi connectivity index (χ1n) is 6.73. The molecule has 0 aromatic rings. The molecule has 0 aromatic carbocycles. The summed E-state index contributed by atoms with van der Waals surface area (Å²) in [6, 6.07) is 0. The molecule has 0 aliphatic heterocycles. The van der Waals surface area contributed by atoms with E-state index in [9.17, 15) is 59.4 Å². The van der Waals surface area contributed by atoms with Crippen molar-refractivity contribution in [3.05, 3.63) is 0 Å². The summed E-state index contributed by atoms with van der Waals surface area (Å²) in [4.78, 5) is 57.8. The van der Waals surface area contributed by atoms with Crippen LogP contribution < -0.4 is 30.6 Å². The van der Waals surface area contributed by atoms with Crippen molar-refractivity contribution in [3.8, 4) is 0 Å². The number of aliphatic hydroxyl groups is 6. The molecule has 0 saturated carbocycles. The molecule has 18 nitrogen and oxygen atoms in total. The average molecular weight is 556 g/mol. The predicted molar refractivity (Wildman–Crippen MR) is 66.1 cm³/mol. The first kappa shape index (κ1) is 40.0. The summed E-state index contributed by atoms with van der Waals surface area (Å²) >= 11 is 0. The van der Waals surface area contributed by atoms with E-state index < -0.39 is 72.4 Å². The number of carbonyl (C=O) groups is 6. The van der Waals surface area contributed by atoms with Gasteiger partial charge in [0.05, 0.1) is 35.8 Å². The monoisotopic (exact) mass is 556 g/mol. The predicted octanol–water partition coefficient (Wildman–Crippen LogP) is -14.4. The van der Waals surface area contributed by atoms with Gasteiger partial charge < -0.3 is 90.0 Å². The molecule has 6 N–H and O–H groups in total. The Labute approximate surface area is 196 Å². The van der Waals surface area contributed by atoms with E-state index in [1.165, 1.54) is 0 Å². The molecule has 0 rings (SSSR count). The van der Waals surface area contributed by atoms with Crippen LogP contribution in [0.3, 0.4) is 0 Å². The third kappa shape index (κ3) is 17.3. The van der Waals surface area contributed by atoms with Crippen molar-refractivity contribution < 1.29 is 124 Å². The van der Waals surface area contributed by atoms with Crippen molar-refractivity contribution in [2.75, 3.05) is 0 Å². The van der Waals surface area contributed by atoms with Crippen molar-refractivity contribution >= 4 is 35.8 Å². The number of rotatable bonds is 9. The van der Waals surface area contributed by atoms with Crippen LogP contribution in [-0.4, -0.2) is 103 Å². The molecule has 32 heavy (non-hydrogen) atoms. The molecular formula is C12H12Fe2O18-6. The van der Waals surface area contributed by atoms with Gasteiger partial charge in [-0.2, -0.15) is 0 Å². The second-order valence-corrected chi connectivity index (χ2v) is 4.58. The van der Waals surface area contributed by atoms with Crippen LogP contribution in [0.1, 0.15) is 0 Å². The van der Waals surface area contributed by atoms with Crippen LogP contribution in [0.2, 0.25) is 0 Å². The van der Waals surface area contributed by atoms with Gasteiger partial charge in [0.2, 0.25) is 0 Å². The Balaban J connectivity index is -0.000000110. The van der Waals surface area contributed by atoms with Gasteiger partial charge in [-0.05, 0) is 0 Å². The largest absolute Gasteiger partial charge is 0.547 e. The van der Waals surface area contributed by atoms with Gasteiger partial charge in [-0.3, -0.25) is 0 Å². The quantitative estimate of drug-likeness (QED) is 0.144. The number of carboxylic acids is 6. The molecule has 0 aliphatic carbocycles. The Morgan fingerprint density at radius 3 is 0.438 bits per heavy atom. The fraction of sp³-hybridized carbons (Fsp3) is 0.500. The van der Waals surface area contributed by atoms with Crippen molar-refractivity contribution in [1.29, 1.82) is 0 Å². The maximum absolute atomic E-state index is 9.63. The van der Waals surface area contributed by atoms with Gasteiger partial charge in [0, 0.05) is 34.1 Å². The molecule has 0 bridgehead atoms. The normalized spacial score (nSPS) is 14.8. The molecule has 190 valence electrons. The minimum atomic E-state index is -2.44. The number of hydrogen-bond donors (Lipinski definition) is 6. The van der Waals surface area contributed by atoms with E-state index in [1.807, 2.05) is 0 Å². The maximum atomic E-state index is 9.63. The number of aliphatic carboxylic acids is 6. The van der Waals surface area contributed by atoms with Crippen molar-refractivity contribution in [2.24, 2.45) is 0 Å². The van der Waals surface area contributed by atoms with E-state index in [1.54, 1.807) is 0 Å². The molecule has 0 aromatic heterocycles. The zero-order valence-corrected chi connectivity index (χ0v) is 17.0. The molecule has 0 spiro atoms. The van der Waals surface area contributed by atoms with Crippen LogP contribution >= 0.6 is 0 Å². The van der Waals surface area contributed by atoms with Crippen LogP contribution in [0.5, 0.6) is 0 Å². The minimum Gasteiger partial charge on any atom is -0.547 e. The van der Waals surface area contributed by atoms with E-state index in [-0.39, 0.29) is 34.1 Å². The third-order valence-corrected chi connectivity index (χ3v) is 2.35. The van der Waals surface area contributed by atoms with Crippen LogP contribution in [-0.2, 0) is 62.9 Å². The van der Waals surface area contributed by atoms with Crippen LogP contribution in [0, 0.1) is 0 Å². The van der Waals surface area contributed by atoms with E-state index >= 15 is 0 Å². The molecule has 0 amide bonds. The number of hydrogen-bond acceptors (Lipinski definition) is 18. The molecule has 0 saturated heterocycles. The Kier molecular flexibility index (Phi) is 24.2. The first-order valence-corrected chi connectivity index (χ1v) is 6.73. The Morgan fingerprint density at radius 1 is 0.344 bits per heavy atom. The summed E-state index contributed by atoms with van der Waals surface area (Å²) in [6.45, 7) is 0. The second-order valence-electron chi connectivity index (χ2n) is 4.58. The molecular weight excluding hydrogens is 544 g/mol. The fourth-order valence-electron chi connectivity index (χ4n) is 0.773. The summed E-state index contributed by atoms with van der Waals surface area (Å²) in [7, 11) is 0. The first-order chi connectivity index (χ1) is 13.4. The Bertz CT molecular complexity index is 498. The van der Waals surface area contributed by atoms with Gasteiger partial charge >= 0.3 is 0 Å². The molecule has 6 atom stereocenters. The van der Waals surface area contributed by atoms with E-state index in [4.69, 9.17) is 30.6 Å². The molecule has 0 radical (unpaired) electrons. The topological polar surface area (TPSA) is 362 Å². The van der Waals surface area contributed by atoms with Gasteiger partial charge in [0.25, 0.3) is 0 Å². The maximum Gasteiger partial charge on any atom is 0.124 e. The zero-order chi connectivity index (χ0) is 24.9. The summed E-state index contributed by atoms with van der Waals surface area (Å²) in [5.74, 6) is -12.4. The molecule has 6 unspecified atom stereocenters. The van der Waals surface area contributed by atoms with E-state index in [0.717, 1.165) is 0 Å². The second kappa shape index (κ2) is 19.3. The summed E-state index contributed by atoms with van der Waals surface area (Å²) in [5.41, 5.74) is 0. The van der Waals surface area contributed by atoms with Crippen molar-refractivity contribution in [1.82, 2.24) is 0 Å². The van der Waals surface area contributed by atoms with Gasteiger partial charge in [-0.25, -0.2) is 0 Å². The van der Waals surface area contributed by atoms with Crippen molar-refractivity contribution in [2.45, 2.75) is 36.6 Å². The van der Waals surface area contributed by atoms with Crippen LogP contribution in [0.15, 0.2) is 0 Å². The van der Waals surface area contributed by atoms with Gasteiger partial charge in [0.15, 0.2) is 0 Å². The van der Waals surface area contributed by atoms with Crippen molar-refractivity contribution in [3.63, 3.8) is 0 Å². The van der Waals surface area contributed by atoms with Gasteiger partial charge in [0.1, 0.15) is 36.6 Å². The Hall–Kier alpha value is -2.38. The minimum absolute atomic E-state index is 0. The van der Waals surface area contributed by atoms with E-state index in [2.05, 4.69) is 0 Å². The smallest absolute Gasteiger partial charge is 0.124 e. The fourth-order valence-corrected chi connectivity index (χ4v) is 0.773. The average Bonchev–Trinajstić information content (AvgIpc) is 2.64. The SMILES string of the molecule is O=C([O-])C(O)C(O)C(=O)[O-].O=C([O-])C(O)C(O)C(=O)[O-].O=C([O-])C(O)C(O)C(=O)[O-].[Fe].[Fe].